The molecule has 2 aliphatic heterocycles. The highest BCUT2D eigenvalue weighted by Gasteiger charge is 2.27. The van der Waals surface area contributed by atoms with E-state index in [-0.39, 0.29) is 12.5 Å². The monoisotopic (exact) mass is 337 g/mol. The van der Waals surface area contributed by atoms with Gasteiger partial charge in [0.1, 0.15) is 6.54 Å². The summed E-state index contributed by atoms with van der Waals surface area (Å²) >= 11 is 0. The summed E-state index contributed by atoms with van der Waals surface area (Å²) in [4.78, 5) is 23.0. The number of carbonyl (C=O) groups is 1. The third kappa shape index (κ3) is 5.96. The molecule has 0 bridgehead atoms. The standard InChI is InChI=1S/C18H35N5O/c1-4-5-9-19-18(20-13-17(24)21(2)3)23-12-8-16(15-23)14-22-10-6-7-11-22/h16H,4-15H2,1-3H3,(H,19,20). The van der Waals surface area contributed by atoms with Crippen LogP contribution in [0.15, 0.2) is 4.99 Å². The van der Waals surface area contributed by atoms with Gasteiger partial charge >= 0.3 is 0 Å². The van der Waals surface area contributed by atoms with E-state index in [1.54, 1.807) is 19.0 Å². The quantitative estimate of drug-likeness (QED) is 0.431. The van der Waals surface area contributed by atoms with E-state index in [9.17, 15) is 4.79 Å². The number of guanidine groups is 1. The number of nitrogens with zero attached hydrogens (tertiary/aromatic N) is 4. The molecule has 2 rings (SSSR count). The van der Waals surface area contributed by atoms with Crippen LogP contribution in [0, 0.1) is 5.92 Å². The van der Waals surface area contributed by atoms with Gasteiger partial charge in [0.15, 0.2) is 5.96 Å². The summed E-state index contributed by atoms with van der Waals surface area (Å²) in [5.74, 6) is 1.70. The van der Waals surface area contributed by atoms with E-state index >= 15 is 0 Å². The maximum atomic E-state index is 11.9. The lowest BCUT2D eigenvalue weighted by Gasteiger charge is -2.24. The Morgan fingerprint density at radius 2 is 2.00 bits per heavy atom. The van der Waals surface area contributed by atoms with E-state index in [0.717, 1.165) is 44.4 Å². The van der Waals surface area contributed by atoms with Gasteiger partial charge < -0.3 is 20.0 Å². The molecule has 0 spiro atoms. The number of likely N-dealkylation sites (tertiary alicyclic amines) is 2. The fraction of sp³-hybridized carbons (Fsp3) is 0.889. The fourth-order valence-corrected chi connectivity index (χ4v) is 3.43. The number of unbranched alkanes of at least 4 members (excludes halogenated alkanes) is 1. The highest BCUT2D eigenvalue weighted by Crippen LogP contribution is 2.20. The van der Waals surface area contributed by atoms with Crippen LogP contribution >= 0.6 is 0 Å². The number of hydrogen-bond donors (Lipinski definition) is 1. The SMILES string of the molecule is CCCCNC(=NCC(=O)N(C)C)N1CCC(CN2CCCC2)C1. The second-order valence-electron chi connectivity index (χ2n) is 7.32. The van der Waals surface area contributed by atoms with Crippen LogP contribution in [-0.4, -0.2) is 86.5 Å². The average Bonchev–Trinajstić information content (AvgIpc) is 3.22. The maximum Gasteiger partial charge on any atom is 0.243 e. The van der Waals surface area contributed by atoms with Crippen molar-refractivity contribution in [1.29, 1.82) is 0 Å². The molecule has 1 unspecified atom stereocenters. The Morgan fingerprint density at radius 3 is 2.67 bits per heavy atom. The number of rotatable bonds is 7. The molecule has 6 heteroatoms. The zero-order valence-electron chi connectivity index (χ0n) is 15.8. The Morgan fingerprint density at radius 1 is 1.25 bits per heavy atom. The normalized spacial score (nSPS) is 22.2. The molecule has 0 saturated carbocycles. The van der Waals surface area contributed by atoms with E-state index in [0.29, 0.717) is 0 Å². The lowest BCUT2D eigenvalue weighted by Crippen LogP contribution is -2.42. The number of nitrogens with one attached hydrogen (secondary N) is 1. The number of carbonyl (C=O) groups excluding carboxylic acids is 1. The maximum absolute atomic E-state index is 11.9. The van der Waals surface area contributed by atoms with Crippen LogP contribution < -0.4 is 5.32 Å². The largest absolute Gasteiger partial charge is 0.356 e. The van der Waals surface area contributed by atoms with Crippen molar-refractivity contribution in [2.24, 2.45) is 10.9 Å². The number of hydrogen-bond acceptors (Lipinski definition) is 3. The Bertz CT molecular complexity index is 418. The van der Waals surface area contributed by atoms with E-state index in [1.807, 2.05) is 0 Å². The van der Waals surface area contributed by atoms with Gasteiger partial charge in [0.25, 0.3) is 0 Å². The summed E-state index contributed by atoms with van der Waals surface area (Å²) in [6.07, 6.45) is 6.23. The van der Waals surface area contributed by atoms with E-state index < -0.39 is 0 Å². The van der Waals surface area contributed by atoms with Crippen molar-refractivity contribution in [3.63, 3.8) is 0 Å². The van der Waals surface area contributed by atoms with Crippen molar-refractivity contribution >= 4 is 11.9 Å². The Labute approximate surface area is 147 Å². The van der Waals surface area contributed by atoms with Gasteiger partial charge in [0, 0.05) is 40.3 Å². The van der Waals surface area contributed by atoms with Gasteiger partial charge in [-0.2, -0.15) is 0 Å². The summed E-state index contributed by atoms with van der Waals surface area (Å²) in [6.45, 7) is 9.21. The van der Waals surface area contributed by atoms with Gasteiger partial charge in [0.05, 0.1) is 0 Å². The lowest BCUT2D eigenvalue weighted by atomic mass is 10.1. The zero-order chi connectivity index (χ0) is 17.4. The number of likely N-dealkylation sites (N-methyl/N-ethyl adjacent to an activating group) is 1. The minimum absolute atomic E-state index is 0.0533. The fourth-order valence-electron chi connectivity index (χ4n) is 3.43. The lowest BCUT2D eigenvalue weighted by molar-refractivity contribution is -0.127. The van der Waals surface area contributed by atoms with Crippen LogP contribution in [0.3, 0.4) is 0 Å². The van der Waals surface area contributed by atoms with Crippen LogP contribution in [-0.2, 0) is 4.79 Å². The molecule has 2 saturated heterocycles. The molecule has 138 valence electrons. The predicted octanol–water partition coefficient (Wildman–Crippen LogP) is 1.24. The molecular weight excluding hydrogens is 302 g/mol. The van der Waals surface area contributed by atoms with Crippen molar-refractivity contribution < 1.29 is 4.79 Å². The molecule has 2 heterocycles. The molecule has 1 N–H and O–H groups in total. The molecule has 0 radical (unpaired) electrons. The molecule has 1 atom stereocenters. The third-order valence-corrected chi connectivity index (χ3v) is 4.98. The molecule has 2 fully saturated rings. The molecule has 0 aromatic heterocycles. The van der Waals surface area contributed by atoms with Gasteiger partial charge in [0.2, 0.25) is 5.91 Å². The first kappa shape index (κ1) is 19.0. The van der Waals surface area contributed by atoms with Gasteiger partial charge in [-0.3, -0.25) is 4.79 Å². The predicted molar refractivity (Wildman–Crippen MR) is 99.3 cm³/mol. The van der Waals surface area contributed by atoms with E-state index in [4.69, 9.17) is 0 Å². The Balaban J connectivity index is 1.88. The molecule has 24 heavy (non-hydrogen) atoms. The van der Waals surface area contributed by atoms with E-state index in [2.05, 4.69) is 27.0 Å². The Hall–Kier alpha value is -1.30. The first-order valence-electron chi connectivity index (χ1n) is 9.56. The first-order chi connectivity index (χ1) is 11.6. The molecule has 1 amide bonds. The van der Waals surface area contributed by atoms with Crippen molar-refractivity contribution in [3.05, 3.63) is 0 Å². The smallest absolute Gasteiger partial charge is 0.243 e. The molecule has 0 aromatic rings. The van der Waals surface area contributed by atoms with Crippen molar-refractivity contribution in [3.8, 4) is 0 Å². The third-order valence-electron chi connectivity index (χ3n) is 4.98. The molecule has 2 aliphatic rings. The van der Waals surface area contributed by atoms with Crippen LogP contribution in [0.5, 0.6) is 0 Å². The summed E-state index contributed by atoms with van der Waals surface area (Å²) < 4.78 is 0. The van der Waals surface area contributed by atoms with E-state index in [1.165, 1.54) is 38.9 Å². The minimum atomic E-state index is 0.0533. The first-order valence-corrected chi connectivity index (χ1v) is 9.56. The van der Waals surface area contributed by atoms with Crippen LogP contribution in [0.1, 0.15) is 39.0 Å². The molecular formula is C18H35N5O. The highest BCUT2D eigenvalue weighted by atomic mass is 16.2. The summed E-state index contributed by atoms with van der Waals surface area (Å²) in [5, 5.41) is 3.46. The molecule has 0 aromatic carbocycles. The highest BCUT2D eigenvalue weighted by molar-refractivity contribution is 5.85. The zero-order valence-corrected chi connectivity index (χ0v) is 15.8. The second kappa shape index (κ2) is 9.87. The summed E-state index contributed by atoms with van der Waals surface area (Å²) in [6, 6.07) is 0. The van der Waals surface area contributed by atoms with Gasteiger partial charge in [-0.1, -0.05) is 13.3 Å². The Kier molecular flexibility index (Phi) is 7.82. The second-order valence-corrected chi connectivity index (χ2v) is 7.32. The topological polar surface area (TPSA) is 51.2 Å². The average molecular weight is 338 g/mol. The van der Waals surface area contributed by atoms with Crippen LogP contribution in [0.2, 0.25) is 0 Å². The van der Waals surface area contributed by atoms with Crippen molar-refractivity contribution in [1.82, 2.24) is 20.0 Å². The summed E-state index contributed by atoms with van der Waals surface area (Å²) in [5.41, 5.74) is 0. The summed E-state index contributed by atoms with van der Waals surface area (Å²) in [7, 11) is 3.56. The van der Waals surface area contributed by atoms with Crippen LogP contribution in [0.4, 0.5) is 0 Å². The van der Waals surface area contributed by atoms with Gasteiger partial charge in [-0.05, 0) is 44.7 Å². The van der Waals surface area contributed by atoms with Crippen molar-refractivity contribution in [2.45, 2.75) is 39.0 Å². The number of aliphatic imine (C=N–C) groups is 1. The van der Waals surface area contributed by atoms with Crippen molar-refractivity contribution in [2.75, 3.05) is 59.9 Å². The minimum Gasteiger partial charge on any atom is -0.356 e. The van der Waals surface area contributed by atoms with Gasteiger partial charge in [-0.15, -0.1) is 0 Å². The number of amides is 1. The molecule has 6 nitrogen and oxygen atoms in total. The van der Waals surface area contributed by atoms with Gasteiger partial charge in [-0.25, -0.2) is 4.99 Å². The van der Waals surface area contributed by atoms with Crippen LogP contribution in [0.25, 0.3) is 0 Å². The molecule has 0 aliphatic carbocycles.